The van der Waals surface area contributed by atoms with Gasteiger partial charge in [-0.05, 0) is 104 Å². The van der Waals surface area contributed by atoms with Crippen LogP contribution in [0.2, 0.25) is 0 Å². The summed E-state index contributed by atoms with van der Waals surface area (Å²) in [5, 5.41) is 0.874. The summed E-state index contributed by atoms with van der Waals surface area (Å²) in [6.07, 6.45) is 20.2. The first-order valence-corrected chi connectivity index (χ1v) is 16.7. The molecule has 0 bridgehead atoms. The van der Waals surface area contributed by atoms with E-state index < -0.39 is 0 Å². The molecule has 4 rings (SSSR count). The van der Waals surface area contributed by atoms with Gasteiger partial charge < -0.3 is 0 Å². The van der Waals surface area contributed by atoms with Gasteiger partial charge in [0, 0.05) is 11.0 Å². The zero-order chi connectivity index (χ0) is 22.9. The second-order valence-corrected chi connectivity index (χ2v) is 15.9. The maximum absolute atomic E-state index is 2.78. The third-order valence-electron chi connectivity index (χ3n) is 10.8. The molecule has 0 aliphatic heterocycles. The molecular weight excluding hydrogens is 424 g/mol. The fourth-order valence-electron chi connectivity index (χ4n) is 8.96. The molecule has 0 nitrogen and oxygen atoms in total. The summed E-state index contributed by atoms with van der Waals surface area (Å²) in [6.45, 7) is 15.1. The molecule has 0 radical (unpaired) electrons. The Hall–Kier alpha value is 0.440. The molecule has 0 aromatic rings. The summed E-state index contributed by atoms with van der Waals surface area (Å²) in [7, 11) is 4.34. The third-order valence-corrected chi connectivity index (χ3v) is 13.9. The zero-order valence-corrected chi connectivity index (χ0v) is 23.8. The minimum atomic E-state index is 0.525. The van der Waals surface area contributed by atoms with Crippen molar-refractivity contribution >= 4 is 21.6 Å². The van der Waals surface area contributed by atoms with Crippen molar-refractivity contribution in [2.75, 3.05) is 5.75 Å². The second-order valence-electron chi connectivity index (χ2n) is 13.1. The summed E-state index contributed by atoms with van der Waals surface area (Å²) in [6, 6.07) is 0. The van der Waals surface area contributed by atoms with Crippen LogP contribution in [0.4, 0.5) is 0 Å². The van der Waals surface area contributed by atoms with Gasteiger partial charge in [0.05, 0.1) is 0 Å². The van der Waals surface area contributed by atoms with Crippen LogP contribution in [0.5, 0.6) is 0 Å². The zero-order valence-electron chi connectivity index (χ0n) is 22.1. The van der Waals surface area contributed by atoms with Crippen molar-refractivity contribution in [2.24, 2.45) is 46.3 Å². The summed E-state index contributed by atoms with van der Waals surface area (Å²) < 4.78 is 0. The molecule has 3 fully saturated rings. The van der Waals surface area contributed by atoms with Gasteiger partial charge in [0.15, 0.2) is 0 Å². The topological polar surface area (TPSA) is 0 Å². The Morgan fingerprint density at radius 1 is 1.00 bits per heavy atom. The molecule has 8 unspecified atom stereocenters. The van der Waals surface area contributed by atoms with Gasteiger partial charge in [-0.1, -0.05) is 94.0 Å². The van der Waals surface area contributed by atoms with Gasteiger partial charge in [-0.15, -0.1) is 0 Å². The Kier molecular flexibility index (Phi) is 8.45. The van der Waals surface area contributed by atoms with Crippen LogP contribution >= 0.6 is 21.6 Å². The van der Waals surface area contributed by atoms with Crippen LogP contribution in [0.1, 0.15) is 119 Å². The quantitative estimate of drug-likeness (QED) is 0.184. The van der Waals surface area contributed by atoms with Gasteiger partial charge in [-0.2, -0.15) is 0 Å². The molecule has 0 amide bonds. The Morgan fingerprint density at radius 3 is 2.56 bits per heavy atom. The number of rotatable bonds is 9. The minimum Gasteiger partial charge on any atom is -0.0939 e. The largest absolute Gasteiger partial charge is 0.0939 e. The number of fused-ring (bicyclic) bond motifs is 5. The summed E-state index contributed by atoms with van der Waals surface area (Å²) in [5.74, 6) is 7.06. The van der Waals surface area contributed by atoms with Gasteiger partial charge in [0.25, 0.3) is 0 Å². The van der Waals surface area contributed by atoms with Crippen LogP contribution in [-0.2, 0) is 0 Å². The molecule has 184 valence electrons. The summed E-state index contributed by atoms with van der Waals surface area (Å²) in [5.41, 5.74) is 3.03. The van der Waals surface area contributed by atoms with Gasteiger partial charge in [0.2, 0.25) is 0 Å². The lowest BCUT2D eigenvalue weighted by molar-refractivity contribution is -0.0497. The van der Waals surface area contributed by atoms with Crippen molar-refractivity contribution in [2.45, 2.75) is 124 Å². The Balaban J connectivity index is 1.42. The molecule has 0 spiro atoms. The van der Waals surface area contributed by atoms with Crippen LogP contribution in [-0.4, -0.2) is 11.0 Å². The maximum atomic E-state index is 2.78. The molecule has 0 aromatic heterocycles. The molecule has 2 heteroatoms. The molecule has 0 N–H and O–H groups in total. The molecule has 0 aromatic carbocycles. The average Bonchev–Trinajstić information content (AvgIpc) is 3.11. The maximum Gasteiger partial charge on any atom is 0.0189 e. The third kappa shape index (κ3) is 4.89. The SMILES string of the molecule is CCCSSC1CCC2(C)C(=CCC3C2CCC2(C)C(C(C)CCCC(C)C)CCC32)C1. The normalized spacial score (nSPS) is 42.2. The average molecular weight is 477 g/mol. The molecule has 0 heterocycles. The van der Waals surface area contributed by atoms with Crippen molar-refractivity contribution in [3.63, 3.8) is 0 Å². The molecular formula is C30H52S2. The van der Waals surface area contributed by atoms with E-state index in [9.17, 15) is 0 Å². The second kappa shape index (κ2) is 10.6. The van der Waals surface area contributed by atoms with Crippen LogP contribution in [0.3, 0.4) is 0 Å². The smallest absolute Gasteiger partial charge is 0.0189 e. The van der Waals surface area contributed by atoms with E-state index in [1.54, 1.807) is 0 Å². The molecule has 4 aliphatic carbocycles. The summed E-state index contributed by atoms with van der Waals surface area (Å²) >= 11 is 0. The van der Waals surface area contributed by atoms with Crippen molar-refractivity contribution < 1.29 is 0 Å². The number of hydrogen-bond acceptors (Lipinski definition) is 2. The highest BCUT2D eigenvalue weighted by molar-refractivity contribution is 8.76. The first-order valence-electron chi connectivity index (χ1n) is 14.3. The molecule has 0 saturated heterocycles. The van der Waals surface area contributed by atoms with Crippen molar-refractivity contribution in [3.8, 4) is 0 Å². The molecule has 3 saturated carbocycles. The van der Waals surface area contributed by atoms with E-state index in [0.29, 0.717) is 10.8 Å². The predicted molar refractivity (Wildman–Crippen MR) is 147 cm³/mol. The van der Waals surface area contributed by atoms with Crippen LogP contribution in [0, 0.1) is 46.3 Å². The Labute approximate surface area is 208 Å². The van der Waals surface area contributed by atoms with Gasteiger partial charge in [-0.3, -0.25) is 0 Å². The molecule has 8 atom stereocenters. The number of hydrogen-bond donors (Lipinski definition) is 0. The number of allylic oxidation sites excluding steroid dienone is 2. The highest BCUT2D eigenvalue weighted by atomic mass is 33.1. The first kappa shape index (κ1) is 25.5. The van der Waals surface area contributed by atoms with E-state index >= 15 is 0 Å². The van der Waals surface area contributed by atoms with Crippen LogP contribution in [0.25, 0.3) is 0 Å². The van der Waals surface area contributed by atoms with Crippen molar-refractivity contribution in [1.29, 1.82) is 0 Å². The standard InChI is InChI=1S/C30H52S2/c1-7-19-31-32-24-15-17-29(5)23(20-24)11-12-25-27-14-13-26(22(4)10-8-9-21(2)3)30(27,6)18-16-28(25)29/h11,21-22,24-28H,7-10,12-20H2,1-6H3. The lowest BCUT2D eigenvalue weighted by Gasteiger charge is -2.58. The van der Waals surface area contributed by atoms with Gasteiger partial charge in [-0.25, -0.2) is 0 Å². The molecule has 32 heavy (non-hydrogen) atoms. The van der Waals surface area contributed by atoms with E-state index in [-0.39, 0.29) is 0 Å². The minimum absolute atomic E-state index is 0.525. The van der Waals surface area contributed by atoms with Gasteiger partial charge >= 0.3 is 0 Å². The molecule has 4 aliphatic rings. The fourth-order valence-corrected chi connectivity index (χ4v) is 11.7. The fraction of sp³-hybridized carbons (Fsp3) is 0.933. The lowest BCUT2D eigenvalue weighted by Crippen LogP contribution is -2.50. The highest BCUT2D eigenvalue weighted by Gasteiger charge is 2.59. The van der Waals surface area contributed by atoms with Crippen LogP contribution in [0.15, 0.2) is 11.6 Å². The monoisotopic (exact) mass is 476 g/mol. The lowest BCUT2D eigenvalue weighted by atomic mass is 9.47. The van der Waals surface area contributed by atoms with E-state index in [4.69, 9.17) is 0 Å². The highest BCUT2D eigenvalue weighted by Crippen LogP contribution is 2.67. The summed E-state index contributed by atoms with van der Waals surface area (Å²) in [4.78, 5) is 0. The Morgan fingerprint density at radius 2 is 1.81 bits per heavy atom. The van der Waals surface area contributed by atoms with E-state index in [2.05, 4.69) is 69.2 Å². The van der Waals surface area contributed by atoms with E-state index in [0.717, 1.165) is 40.8 Å². The van der Waals surface area contributed by atoms with Gasteiger partial charge in [0.1, 0.15) is 0 Å². The Bertz CT molecular complexity index is 653. The van der Waals surface area contributed by atoms with Crippen molar-refractivity contribution in [3.05, 3.63) is 11.6 Å². The predicted octanol–water partition coefficient (Wildman–Crippen LogP) is 10.2. The van der Waals surface area contributed by atoms with E-state index in [1.807, 2.05) is 5.57 Å². The van der Waals surface area contributed by atoms with Crippen LogP contribution < -0.4 is 0 Å². The first-order chi connectivity index (χ1) is 15.3. The van der Waals surface area contributed by atoms with Crippen molar-refractivity contribution in [1.82, 2.24) is 0 Å². The van der Waals surface area contributed by atoms with E-state index in [1.165, 1.54) is 82.8 Å².